The molecular weight excluding hydrogens is 469 g/mol. The summed E-state index contributed by atoms with van der Waals surface area (Å²) in [7, 11) is 0. The summed E-state index contributed by atoms with van der Waals surface area (Å²) in [6, 6.07) is 12.1. The van der Waals surface area contributed by atoms with Gasteiger partial charge in [-0.2, -0.15) is 0 Å². The second-order valence-electron chi connectivity index (χ2n) is 7.09. The summed E-state index contributed by atoms with van der Waals surface area (Å²) in [5.41, 5.74) is 2.05. The van der Waals surface area contributed by atoms with Crippen molar-refractivity contribution in [3.8, 4) is 0 Å². The van der Waals surface area contributed by atoms with E-state index >= 15 is 0 Å². The lowest BCUT2D eigenvalue weighted by Gasteiger charge is -2.15. The summed E-state index contributed by atoms with van der Waals surface area (Å²) in [4.78, 5) is 25.0. The average molecular weight is 492 g/mol. The number of aromatic nitrogens is 3. The highest BCUT2D eigenvalue weighted by molar-refractivity contribution is 7.99. The van der Waals surface area contributed by atoms with Gasteiger partial charge in [0.15, 0.2) is 11.0 Å². The van der Waals surface area contributed by atoms with E-state index in [0.29, 0.717) is 38.8 Å². The maximum atomic E-state index is 12.6. The first-order valence-electron chi connectivity index (χ1n) is 9.97. The van der Waals surface area contributed by atoms with E-state index in [9.17, 15) is 9.59 Å². The van der Waals surface area contributed by atoms with Crippen molar-refractivity contribution in [1.29, 1.82) is 0 Å². The number of rotatable bonds is 8. The van der Waals surface area contributed by atoms with Gasteiger partial charge in [-0.3, -0.25) is 9.59 Å². The largest absolute Gasteiger partial charge is 0.342 e. The van der Waals surface area contributed by atoms with Crippen LogP contribution in [-0.4, -0.2) is 32.3 Å². The van der Waals surface area contributed by atoms with Gasteiger partial charge in [-0.1, -0.05) is 58.7 Å². The van der Waals surface area contributed by atoms with Crippen LogP contribution in [0.5, 0.6) is 0 Å². The Hall–Kier alpha value is -2.55. The Morgan fingerprint density at radius 1 is 1.16 bits per heavy atom. The lowest BCUT2D eigenvalue weighted by atomic mass is 10.1. The molecule has 0 saturated carbocycles. The first-order valence-corrected chi connectivity index (χ1v) is 11.7. The standard InChI is InChI=1S/C22H23Cl2N5O2S/c1-4-29-20(14(3)25-21(31)15-8-5-7-13(2)11-15)27-28-22(29)32-12-18(30)26-17-10-6-9-16(23)19(17)24/h5-11,14H,4,12H2,1-3H3,(H,25,31)(H,26,30)/t14-/m1/s1. The van der Waals surface area contributed by atoms with Crippen molar-refractivity contribution < 1.29 is 9.59 Å². The Bertz CT molecular complexity index is 1140. The van der Waals surface area contributed by atoms with Gasteiger partial charge < -0.3 is 15.2 Å². The van der Waals surface area contributed by atoms with Gasteiger partial charge in [0.25, 0.3) is 5.91 Å². The number of amides is 2. The molecule has 2 amide bonds. The van der Waals surface area contributed by atoms with Crippen LogP contribution < -0.4 is 10.6 Å². The van der Waals surface area contributed by atoms with Crippen molar-refractivity contribution in [3.63, 3.8) is 0 Å². The highest BCUT2D eigenvalue weighted by Gasteiger charge is 2.20. The minimum Gasteiger partial charge on any atom is -0.342 e. The molecule has 0 fully saturated rings. The molecule has 0 spiro atoms. The van der Waals surface area contributed by atoms with Crippen LogP contribution in [0.1, 0.15) is 41.6 Å². The van der Waals surface area contributed by atoms with Crippen LogP contribution in [0.25, 0.3) is 0 Å². The predicted molar refractivity (Wildman–Crippen MR) is 129 cm³/mol. The van der Waals surface area contributed by atoms with Crippen LogP contribution in [0.15, 0.2) is 47.6 Å². The molecule has 32 heavy (non-hydrogen) atoms. The fourth-order valence-corrected chi connectivity index (χ4v) is 4.23. The SMILES string of the molecule is CCn1c(SCC(=O)Nc2cccc(Cl)c2Cl)nnc1[C@@H](C)NC(=O)c1cccc(C)c1. The van der Waals surface area contributed by atoms with E-state index in [-0.39, 0.29) is 23.6 Å². The molecule has 7 nitrogen and oxygen atoms in total. The normalized spacial score (nSPS) is 11.8. The van der Waals surface area contributed by atoms with Gasteiger partial charge in [-0.15, -0.1) is 10.2 Å². The molecular formula is C22H23Cl2N5O2S. The van der Waals surface area contributed by atoms with Crippen molar-refractivity contribution >= 4 is 52.5 Å². The summed E-state index contributed by atoms with van der Waals surface area (Å²) >= 11 is 13.4. The lowest BCUT2D eigenvalue weighted by molar-refractivity contribution is -0.113. The number of nitrogens with one attached hydrogen (secondary N) is 2. The quantitative estimate of drug-likeness (QED) is 0.426. The van der Waals surface area contributed by atoms with E-state index in [1.165, 1.54) is 11.8 Å². The number of halogens is 2. The molecule has 1 aromatic heterocycles. The van der Waals surface area contributed by atoms with E-state index in [2.05, 4.69) is 20.8 Å². The summed E-state index contributed by atoms with van der Waals surface area (Å²) in [5.74, 6) is 0.311. The minimum atomic E-state index is -0.357. The predicted octanol–water partition coefficient (Wildman–Crippen LogP) is 5.14. The smallest absolute Gasteiger partial charge is 0.251 e. The summed E-state index contributed by atoms with van der Waals surface area (Å²) < 4.78 is 1.88. The fraction of sp³-hybridized carbons (Fsp3) is 0.273. The number of aryl methyl sites for hydroxylation is 1. The van der Waals surface area contributed by atoms with Gasteiger partial charge in [0.2, 0.25) is 5.91 Å². The fourth-order valence-electron chi connectivity index (χ4n) is 3.07. The molecule has 168 valence electrons. The van der Waals surface area contributed by atoms with Crippen molar-refractivity contribution in [2.75, 3.05) is 11.1 Å². The molecule has 0 bridgehead atoms. The molecule has 0 unspecified atom stereocenters. The molecule has 0 saturated heterocycles. The molecule has 3 aromatic rings. The van der Waals surface area contributed by atoms with E-state index in [0.717, 1.165) is 5.56 Å². The average Bonchev–Trinajstić information content (AvgIpc) is 3.18. The van der Waals surface area contributed by atoms with Crippen LogP contribution in [0.4, 0.5) is 5.69 Å². The Kier molecular flexibility index (Phi) is 8.17. The maximum Gasteiger partial charge on any atom is 0.251 e. The highest BCUT2D eigenvalue weighted by Crippen LogP contribution is 2.30. The van der Waals surface area contributed by atoms with Crippen LogP contribution in [0, 0.1) is 6.92 Å². The molecule has 3 rings (SSSR count). The number of carbonyl (C=O) groups is 2. The minimum absolute atomic E-state index is 0.116. The lowest BCUT2D eigenvalue weighted by Crippen LogP contribution is -2.28. The first-order chi connectivity index (χ1) is 15.3. The molecule has 1 heterocycles. The number of thioether (sulfide) groups is 1. The number of hydrogen-bond acceptors (Lipinski definition) is 5. The van der Waals surface area contributed by atoms with E-state index in [1.807, 2.05) is 43.5 Å². The van der Waals surface area contributed by atoms with Crippen LogP contribution >= 0.6 is 35.0 Å². The molecule has 1 atom stereocenters. The molecule has 10 heteroatoms. The van der Waals surface area contributed by atoms with Gasteiger partial charge in [-0.05, 0) is 45.0 Å². The van der Waals surface area contributed by atoms with Gasteiger partial charge in [0.1, 0.15) is 0 Å². The van der Waals surface area contributed by atoms with Crippen molar-refractivity contribution in [2.24, 2.45) is 0 Å². The van der Waals surface area contributed by atoms with Gasteiger partial charge in [-0.25, -0.2) is 0 Å². The van der Waals surface area contributed by atoms with E-state index < -0.39 is 0 Å². The van der Waals surface area contributed by atoms with Gasteiger partial charge >= 0.3 is 0 Å². The number of nitrogens with zero attached hydrogens (tertiary/aromatic N) is 3. The summed E-state index contributed by atoms with van der Waals surface area (Å²) in [6.07, 6.45) is 0. The molecule has 0 aliphatic rings. The molecule has 0 radical (unpaired) electrons. The second-order valence-corrected chi connectivity index (χ2v) is 8.82. The van der Waals surface area contributed by atoms with E-state index in [4.69, 9.17) is 23.2 Å². The third kappa shape index (κ3) is 5.82. The Morgan fingerprint density at radius 3 is 2.62 bits per heavy atom. The Morgan fingerprint density at radius 2 is 1.91 bits per heavy atom. The molecule has 0 aliphatic carbocycles. The highest BCUT2D eigenvalue weighted by atomic mass is 35.5. The monoisotopic (exact) mass is 491 g/mol. The number of anilines is 1. The van der Waals surface area contributed by atoms with Crippen molar-refractivity contribution in [1.82, 2.24) is 20.1 Å². The molecule has 2 N–H and O–H groups in total. The van der Waals surface area contributed by atoms with Crippen molar-refractivity contribution in [2.45, 2.75) is 38.5 Å². The summed E-state index contributed by atoms with van der Waals surface area (Å²) in [5, 5.41) is 15.4. The molecule has 2 aromatic carbocycles. The van der Waals surface area contributed by atoms with Crippen LogP contribution in [0.3, 0.4) is 0 Å². The van der Waals surface area contributed by atoms with Gasteiger partial charge in [0, 0.05) is 12.1 Å². The van der Waals surface area contributed by atoms with E-state index in [1.54, 1.807) is 24.3 Å². The Balaban J connectivity index is 1.64. The van der Waals surface area contributed by atoms with Crippen LogP contribution in [0.2, 0.25) is 10.0 Å². The zero-order valence-corrected chi connectivity index (χ0v) is 20.2. The third-order valence-electron chi connectivity index (χ3n) is 4.63. The number of hydrogen-bond donors (Lipinski definition) is 2. The second kappa shape index (κ2) is 10.8. The topological polar surface area (TPSA) is 88.9 Å². The zero-order chi connectivity index (χ0) is 23.3. The van der Waals surface area contributed by atoms with Gasteiger partial charge in [0.05, 0.1) is 27.5 Å². The molecule has 0 aliphatic heterocycles. The summed E-state index contributed by atoms with van der Waals surface area (Å²) in [6.45, 7) is 6.34. The van der Waals surface area contributed by atoms with Crippen molar-refractivity contribution in [3.05, 3.63) is 69.5 Å². The third-order valence-corrected chi connectivity index (χ3v) is 6.42. The van der Waals surface area contributed by atoms with Crippen LogP contribution in [-0.2, 0) is 11.3 Å². The zero-order valence-electron chi connectivity index (χ0n) is 17.9. The Labute approximate surface area is 200 Å². The number of carbonyl (C=O) groups excluding carboxylic acids is 2. The number of benzene rings is 2. The first kappa shape index (κ1) is 24.1. The maximum absolute atomic E-state index is 12.6.